The normalized spacial score (nSPS) is 10.8. The summed E-state index contributed by atoms with van der Waals surface area (Å²) in [6.07, 6.45) is 0. The first kappa shape index (κ1) is 24.8. The molecule has 3 rings (SSSR count). The number of hydrogen-bond acceptors (Lipinski definition) is 4. The number of amides is 3. The highest BCUT2D eigenvalue weighted by Crippen LogP contribution is 2.24. The van der Waals surface area contributed by atoms with Crippen LogP contribution in [0.15, 0.2) is 65.1 Å². The molecule has 2 aromatic carbocycles. The summed E-state index contributed by atoms with van der Waals surface area (Å²) in [5, 5.41) is 2.83. The number of aryl methyl sites for hydroxylation is 1. The van der Waals surface area contributed by atoms with Gasteiger partial charge in [0.25, 0.3) is 0 Å². The molecule has 8 heteroatoms. The number of carbonyl (C=O) groups excluding carboxylic acids is 2. The zero-order valence-electron chi connectivity index (χ0n) is 19.9. The number of benzene rings is 2. The van der Waals surface area contributed by atoms with E-state index in [-0.39, 0.29) is 37.4 Å². The molecule has 0 aliphatic heterocycles. The maximum atomic E-state index is 13.4. The van der Waals surface area contributed by atoms with Crippen LogP contribution in [0.1, 0.15) is 30.9 Å². The van der Waals surface area contributed by atoms with E-state index in [0.717, 1.165) is 11.3 Å². The second-order valence-corrected chi connectivity index (χ2v) is 8.24. The van der Waals surface area contributed by atoms with Gasteiger partial charge < -0.3 is 24.3 Å². The van der Waals surface area contributed by atoms with Crippen molar-refractivity contribution < 1.29 is 23.1 Å². The molecule has 7 nitrogen and oxygen atoms in total. The Labute approximate surface area is 199 Å². The van der Waals surface area contributed by atoms with Crippen LogP contribution < -0.4 is 10.1 Å². The molecule has 0 bridgehead atoms. The molecule has 3 amide bonds. The topological polar surface area (TPSA) is 75.0 Å². The van der Waals surface area contributed by atoms with E-state index in [1.807, 2.05) is 39.0 Å². The molecule has 34 heavy (non-hydrogen) atoms. The summed E-state index contributed by atoms with van der Waals surface area (Å²) in [7, 11) is 1.53. The van der Waals surface area contributed by atoms with Gasteiger partial charge in [-0.25, -0.2) is 9.18 Å². The number of carbonyl (C=O) groups is 2. The van der Waals surface area contributed by atoms with Gasteiger partial charge in [-0.2, -0.15) is 0 Å². The monoisotopic (exact) mass is 467 g/mol. The van der Waals surface area contributed by atoms with Crippen LogP contribution in [0, 0.1) is 12.7 Å². The number of hydrogen-bond donors (Lipinski definition) is 1. The number of urea groups is 1. The van der Waals surface area contributed by atoms with Crippen molar-refractivity contribution in [2.75, 3.05) is 19.0 Å². The van der Waals surface area contributed by atoms with Crippen LogP contribution >= 0.6 is 0 Å². The van der Waals surface area contributed by atoms with Gasteiger partial charge >= 0.3 is 6.03 Å². The first-order valence-corrected chi connectivity index (χ1v) is 11.0. The zero-order valence-corrected chi connectivity index (χ0v) is 19.9. The zero-order chi connectivity index (χ0) is 24.7. The van der Waals surface area contributed by atoms with Crippen molar-refractivity contribution in [2.24, 2.45) is 0 Å². The molecule has 1 aromatic heterocycles. The van der Waals surface area contributed by atoms with Crippen molar-refractivity contribution in [1.29, 1.82) is 0 Å². The van der Waals surface area contributed by atoms with Crippen LogP contribution in [-0.4, -0.2) is 41.4 Å². The average molecular weight is 468 g/mol. The first-order valence-electron chi connectivity index (χ1n) is 11.0. The molecular weight excluding hydrogens is 437 g/mol. The second kappa shape index (κ2) is 11.4. The molecule has 0 radical (unpaired) electrons. The molecular formula is C26H30FN3O4. The molecule has 1 heterocycles. The molecule has 0 fully saturated rings. The molecule has 0 spiro atoms. The molecule has 0 atom stereocenters. The van der Waals surface area contributed by atoms with Gasteiger partial charge in [-0.1, -0.05) is 24.3 Å². The predicted octanol–water partition coefficient (Wildman–Crippen LogP) is 5.21. The van der Waals surface area contributed by atoms with Gasteiger partial charge in [-0.15, -0.1) is 0 Å². The van der Waals surface area contributed by atoms with Crippen LogP contribution in [0.3, 0.4) is 0 Å². The Hall–Kier alpha value is -3.81. The third-order valence-corrected chi connectivity index (χ3v) is 5.32. The van der Waals surface area contributed by atoms with Gasteiger partial charge in [0.2, 0.25) is 5.91 Å². The maximum absolute atomic E-state index is 13.4. The number of nitrogens with zero attached hydrogens (tertiary/aromatic N) is 2. The van der Waals surface area contributed by atoms with Gasteiger partial charge in [0.05, 0.1) is 19.3 Å². The highest BCUT2D eigenvalue weighted by molar-refractivity contribution is 5.93. The SMILES string of the molecule is COc1ccccc1NC(=O)N(CC(=O)N(Cc1ccc(F)cc1)Cc1ccc(C)o1)C(C)C. The predicted molar refractivity (Wildman–Crippen MR) is 128 cm³/mol. The highest BCUT2D eigenvalue weighted by atomic mass is 19.1. The fourth-order valence-corrected chi connectivity index (χ4v) is 3.47. The van der Waals surface area contributed by atoms with Crippen molar-refractivity contribution in [3.05, 3.63) is 83.6 Å². The lowest BCUT2D eigenvalue weighted by atomic mass is 10.2. The van der Waals surface area contributed by atoms with E-state index in [2.05, 4.69) is 5.32 Å². The summed E-state index contributed by atoms with van der Waals surface area (Å²) in [6, 6.07) is 16.1. The van der Waals surface area contributed by atoms with E-state index in [4.69, 9.17) is 9.15 Å². The summed E-state index contributed by atoms with van der Waals surface area (Å²) in [5.41, 5.74) is 1.29. The molecule has 180 valence electrons. The molecule has 0 unspecified atom stereocenters. The largest absolute Gasteiger partial charge is 0.495 e. The van der Waals surface area contributed by atoms with Crippen molar-refractivity contribution in [3.8, 4) is 5.75 Å². The van der Waals surface area contributed by atoms with E-state index in [0.29, 0.717) is 17.2 Å². The Morgan fingerprint density at radius 1 is 1.03 bits per heavy atom. The van der Waals surface area contributed by atoms with E-state index < -0.39 is 6.03 Å². The summed E-state index contributed by atoms with van der Waals surface area (Å²) < 4.78 is 24.3. The van der Waals surface area contributed by atoms with E-state index in [9.17, 15) is 14.0 Å². The van der Waals surface area contributed by atoms with Gasteiger partial charge in [0.1, 0.15) is 29.6 Å². The van der Waals surface area contributed by atoms with Crippen molar-refractivity contribution >= 4 is 17.6 Å². The number of rotatable bonds is 9. The number of halogens is 1. The maximum Gasteiger partial charge on any atom is 0.322 e. The summed E-state index contributed by atoms with van der Waals surface area (Å²) in [6.45, 7) is 5.85. The number of ether oxygens (including phenoxy) is 1. The summed E-state index contributed by atoms with van der Waals surface area (Å²) in [4.78, 5) is 29.5. The highest BCUT2D eigenvalue weighted by Gasteiger charge is 2.25. The fraction of sp³-hybridized carbons (Fsp3) is 0.308. The van der Waals surface area contributed by atoms with Gasteiger partial charge in [0, 0.05) is 12.6 Å². The minimum absolute atomic E-state index is 0.139. The molecule has 0 aliphatic rings. The lowest BCUT2D eigenvalue weighted by Gasteiger charge is -2.30. The third kappa shape index (κ3) is 6.60. The smallest absolute Gasteiger partial charge is 0.322 e. The molecule has 0 aliphatic carbocycles. The van der Waals surface area contributed by atoms with Crippen molar-refractivity contribution in [3.63, 3.8) is 0 Å². The van der Waals surface area contributed by atoms with Crippen molar-refractivity contribution in [2.45, 2.75) is 39.9 Å². The third-order valence-electron chi connectivity index (χ3n) is 5.32. The van der Waals surface area contributed by atoms with Crippen LogP contribution in [0.2, 0.25) is 0 Å². The van der Waals surface area contributed by atoms with Crippen LogP contribution in [-0.2, 0) is 17.9 Å². The minimum Gasteiger partial charge on any atom is -0.495 e. The quantitative estimate of drug-likeness (QED) is 0.469. The van der Waals surface area contributed by atoms with Gasteiger partial charge in [-0.05, 0) is 62.7 Å². The lowest BCUT2D eigenvalue weighted by Crippen LogP contribution is -2.47. The van der Waals surface area contributed by atoms with Gasteiger partial charge in [-0.3, -0.25) is 4.79 Å². The van der Waals surface area contributed by atoms with E-state index in [1.54, 1.807) is 35.2 Å². The van der Waals surface area contributed by atoms with E-state index in [1.165, 1.54) is 24.1 Å². The first-order chi connectivity index (χ1) is 16.3. The molecule has 3 aromatic rings. The fourth-order valence-electron chi connectivity index (χ4n) is 3.47. The second-order valence-electron chi connectivity index (χ2n) is 8.24. The Balaban J connectivity index is 1.78. The Kier molecular flexibility index (Phi) is 8.29. The number of methoxy groups -OCH3 is 1. The Morgan fingerprint density at radius 3 is 2.35 bits per heavy atom. The van der Waals surface area contributed by atoms with E-state index >= 15 is 0 Å². The Morgan fingerprint density at radius 2 is 1.74 bits per heavy atom. The minimum atomic E-state index is -0.413. The summed E-state index contributed by atoms with van der Waals surface area (Å²) in [5.74, 6) is 1.29. The molecule has 0 saturated carbocycles. The van der Waals surface area contributed by atoms with Crippen LogP contribution in [0.4, 0.5) is 14.9 Å². The number of nitrogens with one attached hydrogen (secondary N) is 1. The number of para-hydroxylation sites is 2. The lowest BCUT2D eigenvalue weighted by molar-refractivity contribution is -0.133. The van der Waals surface area contributed by atoms with Gasteiger partial charge in [0.15, 0.2) is 0 Å². The standard InChI is InChI=1S/C26H30FN3O4/c1-18(2)30(26(32)28-23-7-5-6-8-24(23)33-4)17-25(31)29(16-22-14-9-19(3)34-22)15-20-10-12-21(27)13-11-20/h5-14,18H,15-17H2,1-4H3,(H,28,32). The van der Waals surface area contributed by atoms with Crippen LogP contribution in [0.5, 0.6) is 5.75 Å². The van der Waals surface area contributed by atoms with Crippen molar-refractivity contribution in [1.82, 2.24) is 9.80 Å². The molecule has 0 saturated heterocycles. The molecule has 1 N–H and O–H groups in total. The summed E-state index contributed by atoms with van der Waals surface area (Å²) >= 11 is 0. The average Bonchev–Trinajstić information content (AvgIpc) is 3.22. The Bertz CT molecular complexity index is 1110. The van der Waals surface area contributed by atoms with Crippen LogP contribution in [0.25, 0.3) is 0 Å². The number of anilines is 1. The number of furan rings is 1.